The van der Waals surface area contributed by atoms with Crippen LogP contribution >= 0.6 is 34.5 Å². The molecule has 35 heavy (non-hydrogen) atoms. The van der Waals surface area contributed by atoms with Gasteiger partial charge in [0.05, 0.1) is 22.8 Å². The molecule has 0 saturated carbocycles. The smallest absolute Gasteiger partial charge is 0.230 e. The predicted octanol–water partition coefficient (Wildman–Crippen LogP) is 6.68. The molecule has 0 radical (unpaired) electrons. The second kappa shape index (κ2) is 10.9. The molecule has 0 spiro atoms. The number of nitrogens with one attached hydrogen (secondary N) is 1. The zero-order valence-corrected chi connectivity index (χ0v) is 21.9. The number of benzene rings is 3. The molecular weight excluding hydrogens is 523 g/mol. The Hall–Kier alpha value is -2.71. The van der Waals surface area contributed by atoms with Gasteiger partial charge in [0.15, 0.2) is 15.0 Å². The molecule has 1 N–H and O–H groups in total. The van der Waals surface area contributed by atoms with E-state index in [1.54, 1.807) is 25.1 Å². The number of hydrogen-bond acceptors (Lipinski definition) is 5. The van der Waals surface area contributed by atoms with Crippen molar-refractivity contribution in [3.05, 3.63) is 98.8 Å². The molecule has 5 nitrogen and oxygen atoms in total. The van der Waals surface area contributed by atoms with Gasteiger partial charge in [-0.25, -0.2) is 13.4 Å². The first-order valence-corrected chi connectivity index (χ1v) is 14.1. The summed E-state index contributed by atoms with van der Waals surface area (Å²) in [7, 11) is -3.28. The van der Waals surface area contributed by atoms with E-state index in [9.17, 15) is 13.2 Å². The Balaban J connectivity index is 1.56. The molecular formula is C26H22Cl2N2O3S2. The van der Waals surface area contributed by atoms with Crippen molar-refractivity contribution in [3.8, 4) is 11.3 Å². The van der Waals surface area contributed by atoms with Crippen LogP contribution < -0.4 is 5.32 Å². The summed E-state index contributed by atoms with van der Waals surface area (Å²) in [4.78, 5) is 18.6. The molecule has 0 aliphatic carbocycles. The number of anilines is 1. The zero-order valence-electron chi connectivity index (χ0n) is 18.8. The first kappa shape index (κ1) is 25.4. The van der Waals surface area contributed by atoms with Crippen molar-refractivity contribution < 1.29 is 13.2 Å². The summed E-state index contributed by atoms with van der Waals surface area (Å²) in [5.41, 5.74) is 3.26. The number of carbonyl (C=O) groups is 1. The highest BCUT2D eigenvalue weighted by Gasteiger charge is 2.17. The summed E-state index contributed by atoms with van der Waals surface area (Å²) in [6.07, 6.45) is 0.654. The standard InChI is InChI=1S/C26H22Cl2N2O3S2/c1-2-35(32,33)21-12-10-17(11-13-21)14-24(31)29-26-30-25(19-7-5-8-20(27)15-19)23(34-26)16-18-6-3-4-9-22(18)28/h3-13,15H,2,14,16H2,1H3,(H,29,30,31). The van der Waals surface area contributed by atoms with Gasteiger partial charge in [-0.3, -0.25) is 4.79 Å². The fourth-order valence-electron chi connectivity index (χ4n) is 3.53. The van der Waals surface area contributed by atoms with Gasteiger partial charge in [-0.2, -0.15) is 0 Å². The average Bonchev–Trinajstić information content (AvgIpc) is 3.22. The third-order valence-corrected chi connectivity index (χ3v) is 8.70. The molecule has 1 heterocycles. The average molecular weight is 546 g/mol. The Morgan fingerprint density at radius 3 is 2.43 bits per heavy atom. The Morgan fingerprint density at radius 2 is 1.74 bits per heavy atom. The summed E-state index contributed by atoms with van der Waals surface area (Å²) in [5.74, 6) is -0.214. The van der Waals surface area contributed by atoms with Crippen molar-refractivity contribution in [2.45, 2.75) is 24.7 Å². The normalized spacial score (nSPS) is 11.4. The van der Waals surface area contributed by atoms with E-state index in [0.717, 1.165) is 21.7 Å². The minimum atomic E-state index is -3.28. The Morgan fingerprint density at radius 1 is 1.00 bits per heavy atom. The quantitative estimate of drug-likeness (QED) is 0.268. The third-order valence-electron chi connectivity index (χ3n) is 5.38. The molecule has 0 atom stereocenters. The number of carbonyl (C=O) groups excluding carboxylic acids is 1. The Kier molecular flexibility index (Phi) is 7.91. The topological polar surface area (TPSA) is 76.1 Å². The minimum absolute atomic E-state index is 0.0301. The highest BCUT2D eigenvalue weighted by atomic mass is 35.5. The first-order valence-electron chi connectivity index (χ1n) is 10.9. The van der Waals surface area contributed by atoms with Crippen molar-refractivity contribution in [2.24, 2.45) is 0 Å². The molecule has 9 heteroatoms. The van der Waals surface area contributed by atoms with Gasteiger partial charge in [-0.1, -0.05) is 72.6 Å². The van der Waals surface area contributed by atoms with E-state index >= 15 is 0 Å². The van der Waals surface area contributed by atoms with Crippen LogP contribution in [0.5, 0.6) is 0 Å². The summed E-state index contributed by atoms with van der Waals surface area (Å²) in [5, 5.41) is 4.61. The first-order chi connectivity index (χ1) is 16.7. The lowest BCUT2D eigenvalue weighted by atomic mass is 10.1. The molecule has 0 saturated heterocycles. The number of rotatable bonds is 8. The zero-order chi connectivity index (χ0) is 25.0. The predicted molar refractivity (Wildman–Crippen MR) is 143 cm³/mol. The SMILES string of the molecule is CCS(=O)(=O)c1ccc(CC(=O)Nc2nc(-c3cccc(Cl)c3)c(Cc3ccccc3Cl)s2)cc1. The fourth-order valence-corrected chi connectivity index (χ4v) is 5.83. The molecule has 1 amide bonds. The van der Waals surface area contributed by atoms with Crippen LogP contribution in [0.4, 0.5) is 5.13 Å². The van der Waals surface area contributed by atoms with Gasteiger partial charge in [-0.05, 0) is 41.5 Å². The van der Waals surface area contributed by atoms with Gasteiger partial charge in [0.2, 0.25) is 5.91 Å². The molecule has 4 aromatic rings. The van der Waals surface area contributed by atoms with Gasteiger partial charge in [0.25, 0.3) is 0 Å². The highest BCUT2D eigenvalue weighted by Crippen LogP contribution is 2.35. The van der Waals surface area contributed by atoms with Crippen LogP contribution in [0.15, 0.2) is 77.7 Å². The highest BCUT2D eigenvalue weighted by molar-refractivity contribution is 7.91. The minimum Gasteiger partial charge on any atom is -0.302 e. The van der Waals surface area contributed by atoms with Crippen LogP contribution in [0, 0.1) is 0 Å². The van der Waals surface area contributed by atoms with Crippen LogP contribution in [0.1, 0.15) is 22.9 Å². The van der Waals surface area contributed by atoms with E-state index in [4.69, 9.17) is 28.2 Å². The summed E-state index contributed by atoms with van der Waals surface area (Å²) >= 11 is 14.0. The number of thiazole rings is 1. The van der Waals surface area contributed by atoms with Crippen molar-refractivity contribution in [1.29, 1.82) is 0 Å². The molecule has 0 unspecified atom stereocenters. The Labute approximate surface area is 218 Å². The summed E-state index contributed by atoms with van der Waals surface area (Å²) in [6.45, 7) is 1.60. The third kappa shape index (κ3) is 6.30. The molecule has 0 bridgehead atoms. The van der Waals surface area contributed by atoms with E-state index in [-0.39, 0.29) is 23.0 Å². The Bertz CT molecular complexity index is 1470. The van der Waals surface area contributed by atoms with Crippen molar-refractivity contribution >= 4 is 55.4 Å². The maximum Gasteiger partial charge on any atom is 0.230 e. The molecule has 1 aromatic heterocycles. The van der Waals surface area contributed by atoms with Crippen molar-refractivity contribution in [3.63, 3.8) is 0 Å². The number of sulfone groups is 1. The lowest BCUT2D eigenvalue weighted by Crippen LogP contribution is -2.14. The van der Waals surface area contributed by atoms with Crippen LogP contribution in [0.2, 0.25) is 10.0 Å². The maximum absolute atomic E-state index is 12.7. The summed E-state index contributed by atoms with van der Waals surface area (Å²) in [6, 6.07) is 21.4. The summed E-state index contributed by atoms with van der Waals surface area (Å²) < 4.78 is 24.0. The monoisotopic (exact) mass is 544 g/mol. The van der Waals surface area contributed by atoms with Gasteiger partial charge in [-0.15, -0.1) is 11.3 Å². The largest absolute Gasteiger partial charge is 0.302 e. The molecule has 0 aliphatic rings. The van der Waals surface area contributed by atoms with Gasteiger partial charge < -0.3 is 5.32 Å². The molecule has 0 aliphatic heterocycles. The fraction of sp³-hybridized carbons (Fsp3) is 0.154. The van der Waals surface area contributed by atoms with Crippen LogP contribution in [0.3, 0.4) is 0 Å². The van der Waals surface area contributed by atoms with Gasteiger partial charge in [0, 0.05) is 26.9 Å². The van der Waals surface area contributed by atoms with Gasteiger partial charge >= 0.3 is 0 Å². The molecule has 180 valence electrons. The number of hydrogen-bond donors (Lipinski definition) is 1. The van der Waals surface area contributed by atoms with E-state index in [1.165, 1.54) is 23.5 Å². The van der Waals surface area contributed by atoms with Crippen LogP contribution in [-0.4, -0.2) is 25.1 Å². The van der Waals surface area contributed by atoms with E-state index in [2.05, 4.69) is 5.32 Å². The van der Waals surface area contributed by atoms with Crippen molar-refractivity contribution in [1.82, 2.24) is 4.98 Å². The van der Waals surface area contributed by atoms with E-state index < -0.39 is 9.84 Å². The second-order valence-electron chi connectivity index (χ2n) is 7.84. The van der Waals surface area contributed by atoms with E-state index in [0.29, 0.717) is 27.2 Å². The van der Waals surface area contributed by atoms with E-state index in [1.807, 2.05) is 42.5 Å². The number of aromatic nitrogens is 1. The lowest BCUT2D eigenvalue weighted by Gasteiger charge is -2.05. The van der Waals surface area contributed by atoms with Crippen molar-refractivity contribution in [2.75, 3.05) is 11.1 Å². The van der Waals surface area contributed by atoms with Gasteiger partial charge in [0.1, 0.15) is 0 Å². The number of amides is 1. The molecule has 3 aromatic carbocycles. The number of nitrogens with zero attached hydrogens (tertiary/aromatic N) is 1. The van der Waals surface area contributed by atoms with Crippen LogP contribution in [-0.2, 0) is 27.5 Å². The second-order valence-corrected chi connectivity index (χ2v) is 12.0. The number of halogens is 2. The molecule has 4 rings (SSSR count). The van der Waals surface area contributed by atoms with Crippen LogP contribution in [0.25, 0.3) is 11.3 Å². The maximum atomic E-state index is 12.7. The molecule has 0 fully saturated rings. The lowest BCUT2D eigenvalue weighted by molar-refractivity contribution is -0.115.